The lowest BCUT2D eigenvalue weighted by atomic mass is 9.56. The van der Waals surface area contributed by atoms with Gasteiger partial charge >= 0.3 is 0 Å². The molecule has 0 aliphatic heterocycles. The Morgan fingerprint density at radius 3 is 1.86 bits per heavy atom. The van der Waals surface area contributed by atoms with Gasteiger partial charge in [0, 0.05) is 4.75 Å². The fraction of sp³-hybridized carbons (Fsp3) is 0.909. The van der Waals surface area contributed by atoms with Crippen LogP contribution in [0.25, 0.3) is 0 Å². The molecule has 14 heavy (non-hydrogen) atoms. The fourth-order valence-electron chi connectivity index (χ4n) is 4.39. The molecule has 0 aromatic heterocycles. The number of hydrogen-bond acceptors (Lipinski definition) is 2. The highest BCUT2D eigenvalue weighted by Crippen LogP contribution is 2.60. The molecule has 0 aromatic rings. The summed E-state index contributed by atoms with van der Waals surface area (Å²) < 4.78 is 0.389. The van der Waals surface area contributed by atoms with E-state index in [1.165, 1.54) is 38.5 Å². The minimum atomic E-state index is 0.340. The van der Waals surface area contributed by atoms with Gasteiger partial charge in [-0.2, -0.15) is 0 Å². The summed E-state index contributed by atoms with van der Waals surface area (Å²) in [6, 6.07) is 0. The number of hydrogen-bond donors (Lipinski definition) is 2. The molecule has 3 N–H and O–H groups in total. The number of thioether (sulfide) groups is 1. The zero-order valence-electron chi connectivity index (χ0n) is 8.46. The van der Waals surface area contributed by atoms with E-state index < -0.39 is 0 Å². The average molecular weight is 210 g/mol. The number of rotatable bonds is 1. The van der Waals surface area contributed by atoms with Gasteiger partial charge in [-0.1, -0.05) is 11.8 Å². The smallest absolute Gasteiger partial charge is 0.151 e. The Morgan fingerprint density at radius 1 is 1.07 bits per heavy atom. The summed E-state index contributed by atoms with van der Waals surface area (Å²) in [5.74, 6) is 2.90. The first-order valence-electron chi connectivity index (χ1n) is 5.68. The number of nitrogens with one attached hydrogen (secondary N) is 1. The summed E-state index contributed by atoms with van der Waals surface area (Å²) in [6.07, 6.45) is 8.42. The van der Waals surface area contributed by atoms with Crippen LogP contribution in [0.15, 0.2) is 0 Å². The van der Waals surface area contributed by atoms with E-state index in [0.717, 1.165) is 17.8 Å². The lowest BCUT2D eigenvalue weighted by Gasteiger charge is -2.56. The van der Waals surface area contributed by atoms with Crippen LogP contribution >= 0.6 is 11.8 Å². The van der Waals surface area contributed by atoms with E-state index in [9.17, 15) is 0 Å². The normalized spacial score (nSPS) is 49.6. The molecule has 0 amide bonds. The predicted molar refractivity (Wildman–Crippen MR) is 60.4 cm³/mol. The van der Waals surface area contributed by atoms with Gasteiger partial charge in [-0.3, -0.25) is 5.41 Å². The van der Waals surface area contributed by atoms with Crippen LogP contribution in [0.1, 0.15) is 38.5 Å². The molecule has 3 heteroatoms. The van der Waals surface area contributed by atoms with Crippen molar-refractivity contribution in [3.8, 4) is 0 Å². The summed E-state index contributed by atoms with van der Waals surface area (Å²) in [4.78, 5) is 0. The van der Waals surface area contributed by atoms with Crippen molar-refractivity contribution in [3.05, 3.63) is 0 Å². The first-order valence-corrected chi connectivity index (χ1v) is 6.50. The van der Waals surface area contributed by atoms with Crippen LogP contribution in [0.3, 0.4) is 0 Å². The second-order valence-corrected chi connectivity index (χ2v) is 7.08. The van der Waals surface area contributed by atoms with Gasteiger partial charge in [0.2, 0.25) is 0 Å². The van der Waals surface area contributed by atoms with Gasteiger partial charge in [0.25, 0.3) is 0 Å². The quantitative estimate of drug-likeness (QED) is 0.516. The number of amidine groups is 1. The zero-order valence-corrected chi connectivity index (χ0v) is 9.28. The standard InChI is InChI=1S/C11H18N2S/c12-10(13)14-11-4-7-1-8(5-11)3-9(2-7)6-11/h7-9H,1-6H2,(H3,12,13). The molecule has 0 saturated heterocycles. The van der Waals surface area contributed by atoms with Crippen LogP contribution in [-0.4, -0.2) is 9.91 Å². The van der Waals surface area contributed by atoms with Gasteiger partial charge in [0.15, 0.2) is 5.17 Å². The molecule has 0 radical (unpaired) electrons. The second kappa shape index (κ2) is 2.91. The Labute approximate surface area is 89.5 Å². The van der Waals surface area contributed by atoms with E-state index in [1.807, 2.05) is 0 Å². The van der Waals surface area contributed by atoms with E-state index >= 15 is 0 Å². The van der Waals surface area contributed by atoms with Gasteiger partial charge in [-0.25, -0.2) is 0 Å². The molecule has 0 spiro atoms. The molecule has 0 aromatic carbocycles. The van der Waals surface area contributed by atoms with Crippen LogP contribution in [0.2, 0.25) is 0 Å². The van der Waals surface area contributed by atoms with Crippen molar-refractivity contribution < 1.29 is 0 Å². The number of nitrogens with two attached hydrogens (primary N) is 1. The maximum atomic E-state index is 7.47. The molecule has 0 atom stereocenters. The summed E-state index contributed by atoms with van der Waals surface area (Å²) in [6.45, 7) is 0. The SMILES string of the molecule is N=C(N)SC12CC3CC(CC(C3)C1)C2. The molecule has 0 heterocycles. The summed E-state index contributed by atoms with van der Waals surface area (Å²) in [5.41, 5.74) is 5.56. The summed E-state index contributed by atoms with van der Waals surface area (Å²) >= 11 is 1.67. The highest BCUT2D eigenvalue weighted by Gasteiger charge is 2.51. The van der Waals surface area contributed by atoms with Gasteiger partial charge in [0.05, 0.1) is 0 Å². The predicted octanol–water partition coefficient (Wildman–Crippen LogP) is 2.58. The molecular formula is C11H18N2S. The van der Waals surface area contributed by atoms with Crippen molar-refractivity contribution in [2.45, 2.75) is 43.3 Å². The van der Waals surface area contributed by atoms with Crippen LogP contribution in [0.4, 0.5) is 0 Å². The zero-order chi connectivity index (χ0) is 9.76. The monoisotopic (exact) mass is 210 g/mol. The fourth-order valence-corrected chi connectivity index (χ4v) is 5.81. The van der Waals surface area contributed by atoms with Crippen molar-refractivity contribution in [2.24, 2.45) is 23.5 Å². The summed E-state index contributed by atoms with van der Waals surface area (Å²) in [5, 5.41) is 7.81. The highest BCUT2D eigenvalue weighted by molar-refractivity contribution is 8.14. The van der Waals surface area contributed by atoms with E-state index in [0.29, 0.717) is 9.91 Å². The lowest BCUT2D eigenvalue weighted by Crippen LogP contribution is -2.49. The molecule has 4 aliphatic carbocycles. The Hall–Kier alpha value is -0.180. The van der Waals surface area contributed by atoms with Crippen LogP contribution in [0, 0.1) is 23.2 Å². The Balaban J connectivity index is 1.83. The molecule has 4 saturated carbocycles. The van der Waals surface area contributed by atoms with Gasteiger partial charge in [-0.05, 0) is 56.3 Å². The third-order valence-electron chi connectivity index (χ3n) is 4.31. The van der Waals surface area contributed by atoms with E-state index in [4.69, 9.17) is 11.1 Å². The first kappa shape index (κ1) is 9.08. The first-order chi connectivity index (χ1) is 6.65. The van der Waals surface area contributed by atoms with Crippen molar-refractivity contribution in [1.82, 2.24) is 0 Å². The van der Waals surface area contributed by atoms with Crippen LogP contribution in [0.5, 0.6) is 0 Å². The van der Waals surface area contributed by atoms with Gasteiger partial charge in [-0.15, -0.1) is 0 Å². The van der Waals surface area contributed by atoms with E-state index in [-0.39, 0.29) is 0 Å². The van der Waals surface area contributed by atoms with E-state index in [1.54, 1.807) is 11.8 Å². The maximum Gasteiger partial charge on any atom is 0.151 e. The molecule has 4 rings (SSSR count). The van der Waals surface area contributed by atoms with Crippen molar-refractivity contribution in [1.29, 1.82) is 5.41 Å². The Morgan fingerprint density at radius 2 is 1.50 bits per heavy atom. The second-order valence-electron chi connectivity index (χ2n) is 5.57. The third kappa shape index (κ3) is 1.37. The van der Waals surface area contributed by atoms with Crippen LogP contribution in [-0.2, 0) is 0 Å². The van der Waals surface area contributed by atoms with Crippen molar-refractivity contribution in [3.63, 3.8) is 0 Å². The molecule has 78 valence electrons. The lowest BCUT2D eigenvalue weighted by molar-refractivity contribution is 0.0388. The molecule has 4 bridgehead atoms. The Kier molecular flexibility index (Phi) is 1.88. The van der Waals surface area contributed by atoms with Gasteiger partial charge < -0.3 is 5.73 Å². The van der Waals surface area contributed by atoms with Crippen molar-refractivity contribution in [2.75, 3.05) is 0 Å². The van der Waals surface area contributed by atoms with Gasteiger partial charge in [0.1, 0.15) is 0 Å². The Bertz CT molecular complexity index is 239. The topological polar surface area (TPSA) is 49.9 Å². The van der Waals surface area contributed by atoms with Crippen molar-refractivity contribution >= 4 is 16.9 Å². The van der Waals surface area contributed by atoms with Crippen LogP contribution < -0.4 is 5.73 Å². The molecule has 2 nitrogen and oxygen atoms in total. The molecule has 4 fully saturated rings. The largest absolute Gasteiger partial charge is 0.379 e. The third-order valence-corrected chi connectivity index (χ3v) is 5.46. The molecule has 0 unspecified atom stereocenters. The maximum absolute atomic E-state index is 7.47. The van der Waals surface area contributed by atoms with E-state index in [2.05, 4.69) is 0 Å². The molecule has 4 aliphatic rings. The minimum Gasteiger partial charge on any atom is -0.379 e. The average Bonchev–Trinajstić information content (AvgIpc) is 1.96. The minimum absolute atomic E-state index is 0.340. The molecular weight excluding hydrogens is 192 g/mol. The highest BCUT2D eigenvalue weighted by atomic mass is 32.2. The summed E-state index contributed by atoms with van der Waals surface area (Å²) in [7, 11) is 0.